The van der Waals surface area contributed by atoms with Crippen LogP contribution in [0.15, 0.2) is 54.6 Å². The van der Waals surface area contributed by atoms with Gasteiger partial charge in [0.25, 0.3) is 5.91 Å². The molecule has 0 aliphatic carbocycles. The largest absolute Gasteiger partial charge is 0.497 e. The molecule has 152 valence electrons. The fraction of sp³-hybridized carbons (Fsp3) is 0.190. The van der Waals surface area contributed by atoms with Crippen LogP contribution in [-0.4, -0.2) is 27.7 Å². The van der Waals surface area contributed by atoms with Crippen molar-refractivity contribution in [3.05, 3.63) is 69.9 Å². The number of benzene rings is 2. The van der Waals surface area contributed by atoms with E-state index in [4.69, 9.17) is 4.74 Å². The molecule has 0 unspecified atom stereocenters. The van der Waals surface area contributed by atoms with Crippen molar-refractivity contribution in [1.82, 2.24) is 5.32 Å². The Hall–Kier alpha value is -2.84. The highest BCUT2D eigenvalue weighted by atomic mass is 32.2. The minimum absolute atomic E-state index is 0.202. The predicted molar refractivity (Wildman–Crippen MR) is 117 cm³/mol. The molecule has 0 radical (unpaired) electrons. The molecule has 2 aromatic carbocycles. The summed E-state index contributed by atoms with van der Waals surface area (Å²) in [6, 6.07) is 16.5. The van der Waals surface area contributed by atoms with Crippen molar-refractivity contribution in [1.29, 1.82) is 0 Å². The average Bonchev–Trinajstić information content (AvgIpc) is 3.08. The van der Waals surface area contributed by atoms with Crippen molar-refractivity contribution < 1.29 is 17.9 Å². The molecule has 1 aromatic heterocycles. The lowest BCUT2D eigenvalue weighted by molar-refractivity contribution is 0.0955. The van der Waals surface area contributed by atoms with E-state index in [2.05, 4.69) is 10.0 Å². The van der Waals surface area contributed by atoms with Gasteiger partial charge >= 0.3 is 0 Å². The van der Waals surface area contributed by atoms with Crippen molar-refractivity contribution in [3.8, 4) is 16.9 Å². The van der Waals surface area contributed by atoms with Gasteiger partial charge in [0.2, 0.25) is 10.0 Å². The molecule has 1 amide bonds. The number of ether oxygens (including phenoxy) is 1. The first-order valence-electron chi connectivity index (χ1n) is 8.85. The van der Waals surface area contributed by atoms with Crippen LogP contribution < -0.4 is 14.8 Å². The minimum atomic E-state index is -3.40. The maximum absolute atomic E-state index is 12.7. The Morgan fingerprint density at radius 2 is 1.79 bits per heavy atom. The quantitative estimate of drug-likeness (QED) is 0.593. The van der Waals surface area contributed by atoms with Crippen LogP contribution in [0.4, 0.5) is 5.69 Å². The fourth-order valence-corrected chi connectivity index (χ4v) is 4.44. The third-order valence-electron chi connectivity index (χ3n) is 4.29. The summed E-state index contributed by atoms with van der Waals surface area (Å²) in [5.74, 6) is 0.577. The smallest absolute Gasteiger partial charge is 0.261 e. The molecule has 29 heavy (non-hydrogen) atoms. The van der Waals surface area contributed by atoms with Gasteiger partial charge in [-0.1, -0.05) is 30.3 Å². The van der Waals surface area contributed by atoms with Crippen LogP contribution >= 0.6 is 11.3 Å². The van der Waals surface area contributed by atoms with Crippen molar-refractivity contribution >= 4 is 33.0 Å². The molecule has 0 atom stereocenters. The number of carbonyl (C=O) groups excluding carboxylic acids is 1. The highest BCUT2D eigenvalue weighted by Crippen LogP contribution is 2.32. The summed E-state index contributed by atoms with van der Waals surface area (Å²) in [6.07, 6.45) is 1.09. The molecule has 6 nitrogen and oxygen atoms in total. The Labute approximate surface area is 174 Å². The molecule has 8 heteroatoms. The predicted octanol–water partition coefficient (Wildman–Crippen LogP) is 4.03. The van der Waals surface area contributed by atoms with Gasteiger partial charge in [-0.3, -0.25) is 9.52 Å². The number of para-hydroxylation sites is 1. The number of aryl methyl sites for hydroxylation is 1. The van der Waals surface area contributed by atoms with Crippen LogP contribution in [0.5, 0.6) is 5.75 Å². The maximum Gasteiger partial charge on any atom is 0.261 e. The number of thiophene rings is 1. The molecule has 0 saturated carbocycles. The van der Waals surface area contributed by atoms with Gasteiger partial charge in [-0.15, -0.1) is 11.3 Å². The normalized spacial score (nSPS) is 11.1. The van der Waals surface area contributed by atoms with Gasteiger partial charge in [-0.25, -0.2) is 8.42 Å². The number of methoxy groups -OCH3 is 1. The molecular weight excluding hydrogens is 408 g/mol. The second kappa shape index (κ2) is 8.67. The highest BCUT2D eigenvalue weighted by Gasteiger charge is 2.15. The number of sulfonamides is 1. The topological polar surface area (TPSA) is 84.5 Å². The number of hydrogen-bond donors (Lipinski definition) is 2. The SMILES string of the molecule is COc1ccc(-c2cc(C(=O)NCc3ccccc3NS(C)(=O)=O)sc2C)cc1. The number of amides is 1. The van der Waals surface area contributed by atoms with Crippen LogP contribution in [0.1, 0.15) is 20.1 Å². The van der Waals surface area contributed by atoms with Crippen molar-refractivity contribution in [3.63, 3.8) is 0 Å². The summed E-state index contributed by atoms with van der Waals surface area (Å²) in [5.41, 5.74) is 3.16. The third-order valence-corrected chi connectivity index (χ3v) is 5.93. The van der Waals surface area contributed by atoms with Crippen LogP contribution in [0.2, 0.25) is 0 Å². The van der Waals surface area contributed by atoms with E-state index >= 15 is 0 Å². The molecule has 0 aliphatic rings. The summed E-state index contributed by atoms with van der Waals surface area (Å²) in [6.45, 7) is 2.19. The molecule has 3 aromatic rings. The first kappa shape index (κ1) is 20.9. The summed E-state index contributed by atoms with van der Waals surface area (Å²) < 4.78 is 30.7. The summed E-state index contributed by atoms with van der Waals surface area (Å²) >= 11 is 1.42. The number of anilines is 1. The Bertz CT molecular complexity index is 1120. The molecule has 0 bridgehead atoms. The third kappa shape index (κ3) is 5.36. The molecular formula is C21H22N2O4S2. The monoisotopic (exact) mass is 430 g/mol. The van der Waals surface area contributed by atoms with Crippen molar-refractivity contribution in [2.45, 2.75) is 13.5 Å². The zero-order valence-electron chi connectivity index (χ0n) is 16.4. The number of hydrogen-bond acceptors (Lipinski definition) is 5. The van der Waals surface area contributed by atoms with Gasteiger partial charge in [0, 0.05) is 11.4 Å². The van der Waals surface area contributed by atoms with Crippen molar-refractivity contribution in [2.75, 3.05) is 18.1 Å². The lowest BCUT2D eigenvalue weighted by Crippen LogP contribution is -2.23. The standard InChI is InChI=1S/C21H22N2O4S2/c1-14-18(15-8-10-17(27-2)11-9-15)12-20(28-14)21(24)22-13-16-6-4-5-7-19(16)23-29(3,25)26/h4-12,23H,13H2,1-3H3,(H,22,24). The van der Waals surface area contributed by atoms with E-state index in [1.54, 1.807) is 31.4 Å². The van der Waals surface area contributed by atoms with Crippen LogP contribution in [-0.2, 0) is 16.6 Å². The molecule has 3 rings (SSSR count). The summed E-state index contributed by atoms with van der Waals surface area (Å²) in [4.78, 5) is 14.3. The lowest BCUT2D eigenvalue weighted by atomic mass is 10.1. The van der Waals surface area contributed by atoms with E-state index in [1.165, 1.54) is 11.3 Å². The molecule has 0 aliphatic heterocycles. The van der Waals surface area contributed by atoms with Crippen LogP contribution in [0.25, 0.3) is 11.1 Å². The van der Waals surface area contributed by atoms with E-state index < -0.39 is 10.0 Å². The van der Waals surface area contributed by atoms with Gasteiger partial charge in [0.05, 0.1) is 23.9 Å². The Morgan fingerprint density at radius 1 is 1.10 bits per heavy atom. The summed E-state index contributed by atoms with van der Waals surface area (Å²) in [7, 11) is -1.78. The minimum Gasteiger partial charge on any atom is -0.497 e. The van der Waals surface area contributed by atoms with Crippen LogP contribution in [0, 0.1) is 6.92 Å². The van der Waals surface area contributed by atoms with Gasteiger partial charge in [-0.05, 0) is 47.9 Å². The molecule has 2 N–H and O–H groups in total. The van der Waals surface area contributed by atoms with Gasteiger partial charge in [-0.2, -0.15) is 0 Å². The zero-order chi connectivity index (χ0) is 21.0. The molecule has 0 fully saturated rings. The van der Waals surface area contributed by atoms with Gasteiger partial charge in [0.15, 0.2) is 0 Å². The van der Waals surface area contributed by atoms with Crippen LogP contribution in [0.3, 0.4) is 0 Å². The van der Waals surface area contributed by atoms with E-state index in [0.29, 0.717) is 16.1 Å². The lowest BCUT2D eigenvalue weighted by Gasteiger charge is -2.11. The second-order valence-corrected chi connectivity index (χ2v) is 9.53. The van der Waals surface area contributed by atoms with Gasteiger partial charge in [0.1, 0.15) is 5.75 Å². The number of rotatable bonds is 7. The van der Waals surface area contributed by atoms with Crippen molar-refractivity contribution in [2.24, 2.45) is 0 Å². The van der Waals surface area contributed by atoms with E-state index in [1.807, 2.05) is 37.3 Å². The Balaban J connectivity index is 1.74. The molecule has 0 saturated heterocycles. The Kier molecular flexibility index (Phi) is 6.24. The maximum atomic E-state index is 12.7. The molecule has 1 heterocycles. The highest BCUT2D eigenvalue weighted by molar-refractivity contribution is 7.92. The fourth-order valence-electron chi connectivity index (χ4n) is 2.89. The van der Waals surface area contributed by atoms with E-state index in [9.17, 15) is 13.2 Å². The Morgan fingerprint density at radius 3 is 2.45 bits per heavy atom. The average molecular weight is 431 g/mol. The second-order valence-electron chi connectivity index (χ2n) is 6.52. The first-order valence-corrected chi connectivity index (χ1v) is 11.6. The summed E-state index contributed by atoms with van der Waals surface area (Å²) in [5, 5.41) is 2.87. The van der Waals surface area contributed by atoms with E-state index in [-0.39, 0.29) is 12.5 Å². The number of nitrogens with one attached hydrogen (secondary N) is 2. The van der Waals surface area contributed by atoms with Gasteiger partial charge < -0.3 is 10.1 Å². The molecule has 0 spiro atoms. The first-order chi connectivity index (χ1) is 13.8. The number of carbonyl (C=O) groups is 1. The van der Waals surface area contributed by atoms with E-state index in [0.717, 1.165) is 28.0 Å². The zero-order valence-corrected chi connectivity index (χ0v) is 18.0.